The molecule has 1 aromatic rings. The summed E-state index contributed by atoms with van der Waals surface area (Å²) >= 11 is 9.24. The smallest absolute Gasteiger partial charge is 0.319 e. The number of carbonyl (C=O) groups excluding carboxylic acids is 1. The maximum absolute atomic E-state index is 11.7. The normalized spacial score (nSPS) is 10.2. The van der Waals surface area contributed by atoms with Crippen molar-refractivity contribution in [3.05, 3.63) is 27.7 Å². The summed E-state index contributed by atoms with van der Waals surface area (Å²) in [5.41, 5.74) is 0.612. The Kier molecular flexibility index (Phi) is 8.15. The molecule has 116 valence electrons. The average Bonchev–Trinajstić information content (AvgIpc) is 2.42. The van der Waals surface area contributed by atoms with E-state index in [0.29, 0.717) is 28.1 Å². The van der Waals surface area contributed by atoms with Gasteiger partial charge >= 0.3 is 12.0 Å². The zero-order valence-corrected chi connectivity index (χ0v) is 13.8. The monoisotopic (exact) mass is 376 g/mol. The van der Waals surface area contributed by atoms with Crippen LogP contribution in [0.2, 0.25) is 5.02 Å². The van der Waals surface area contributed by atoms with Crippen LogP contribution in [0.4, 0.5) is 10.5 Å². The van der Waals surface area contributed by atoms with Crippen molar-refractivity contribution in [2.24, 2.45) is 0 Å². The van der Waals surface area contributed by atoms with Gasteiger partial charge in [-0.15, -0.1) is 0 Å². The van der Waals surface area contributed by atoms with E-state index < -0.39 is 5.97 Å². The van der Waals surface area contributed by atoms with Crippen LogP contribution >= 0.6 is 27.5 Å². The lowest BCUT2D eigenvalue weighted by atomic mass is 10.1. The summed E-state index contributed by atoms with van der Waals surface area (Å²) < 4.78 is 0.649. The molecule has 5 nitrogen and oxygen atoms in total. The van der Waals surface area contributed by atoms with Gasteiger partial charge in [0.15, 0.2) is 0 Å². The van der Waals surface area contributed by atoms with Crippen molar-refractivity contribution < 1.29 is 14.7 Å². The standard InChI is InChI=1S/C14H18BrClN2O3/c15-13-10(16)6-5-7-11(13)18-14(21)17-9-4-2-1-3-8-12(19)20/h5-7H,1-4,8-9H2,(H,19,20)(H2,17,18,21). The lowest BCUT2D eigenvalue weighted by molar-refractivity contribution is -0.137. The molecular weight excluding hydrogens is 360 g/mol. The summed E-state index contributed by atoms with van der Waals surface area (Å²) in [6.07, 6.45) is 3.46. The first-order valence-corrected chi connectivity index (χ1v) is 7.88. The minimum Gasteiger partial charge on any atom is -0.481 e. The van der Waals surface area contributed by atoms with Crippen LogP contribution in [0.15, 0.2) is 22.7 Å². The highest BCUT2D eigenvalue weighted by molar-refractivity contribution is 9.10. The number of carboxylic acid groups (broad SMARTS) is 1. The topological polar surface area (TPSA) is 78.4 Å². The molecule has 3 N–H and O–H groups in total. The number of aliphatic carboxylic acids is 1. The number of carboxylic acids is 1. The summed E-state index contributed by atoms with van der Waals surface area (Å²) in [7, 11) is 0. The zero-order chi connectivity index (χ0) is 15.7. The number of urea groups is 1. The first-order valence-electron chi connectivity index (χ1n) is 6.71. The van der Waals surface area contributed by atoms with E-state index >= 15 is 0 Å². The first kappa shape index (κ1) is 17.8. The predicted molar refractivity (Wildman–Crippen MR) is 86.9 cm³/mol. The van der Waals surface area contributed by atoms with Crippen molar-refractivity contribution in [3.63, 3.8) is 0 Å². The number of unbranched alkanes of at least 4 members (excludes halogenated alkanes) is 3. The molecule has 0 saturated heterocycles. The van der Waals surface area contributed by atoms with Gasteiger partial charge in [0.1, 0.15) is 0 Å². The molecule has 0 aliphatic rings. The third-order valence-corrected chi connectivity index (χ3v) is 4.20. The van der Waals surface area contributed by atoms with E-state index in [1.807, 2.05) is 0 Å². The molecule has 0 atom stereocenters. The summed E-state index contributed by atoms with van der Waals surface area (Å²) in [6, 6.07) is 4.95. The van der Waals surface area contributed by atoms with Gasteiger partial charge in [-0.3, -0.25) is 4.79 Å². The molecule has 7 heteroatoms. The number of hydrogen-bond acceptors (Lipinski definition) is 2. The van der Waals surface area contributed by atoms with Gasteiger partial charge < -0.3 is 15.7 Å². The van der Waals surface area contributed by atoms with Crippen molar-refractivity contribution in [2.45, 2.75) is 32.1 Å². The van der Waals surface area contributed by atoms with Crippen LogP contribution in [0.25, 0.3) is 0 Å². The van der Waals surface area contributed by atoms with Crippen LogP contribution in [0.5, 0.6) is 0 Å². The van der Waals surface area contributed by atoms with E-state index in [1.54, 1.807) is 18.2 Å². The molecule has 1 rings (SSSR count). The highest BCUT2D eigenvalue weighted by Crippen LogP contribution is 2.29. The Labute approximate surface area is 137 Å². The lowest BCUT2D eigenvalue weighted by Crippen LogP contribution is -2.29. The van der Waals surface area contributed by atoms with Gasteiger partial charge in [-0.25, -0.2) is 4.79 Å². The summed E-state index contributed by atoms with van der Waals surface area (Å²) in [6.45, 7) is 0.553. The second-order valence-corrected chi connectivity index (χ2v) is 5.74. The average molecular weight is 378 g/mol. The predicted octanol–water partition coefficient (Wildman–Crippen LogP) is 4.26. The van der Waals surface area contributed by atoms with Gasteiger partial charge in [-0.1, -0.05) is 30.5 Å². The molecular formula is C14H18BrClN2O3. The van der Waals surface area contributed by atoms with E-state index in [-0.39, 0.29) is 12.5 Å². The molecule has 0 fully saturated rings. The number of nitrogens with one attached hydrogen (secondary N) is 2. The summed E-state index contributed by atoms with van der Waals surface area (Å²) in [5.74, 6) is -0.764. The number of rotatable bonds is 8. The highest BCUT2D eigenvalue weighted by atomic mass is 79.9. The molecule has 0 bridgehead atoms. The third-order valence-electron chi connectivity index (χ3n) is 2.80. The number of halogens is 2. The molecule has 0 spiro atoms. The van der Waals surface area contributed by atoms with Gasteiger partial charge in [-0.2, -0.15) is 0 Å². The second kappa shape index (κ2) is 9.63. The van der Waals surface area contributed by atoms with E-state index in [2.05, 4.69) is 26.6 Å². The Morgan fingerprint density at radius 2 is 1.90 bits per heavy atom. The number of benzene rings is 1. The Morgan fingerprint density at radius 1 is 1.19 bits per heavy atom. The van der Waals surface area contributed by atoms with Crippen molar-refractivity contribution in [2.75, 3.05) is 11.9 Å². The SMILES string of the molecule is O=C(O)CCCCCCNC(=O)Nc1cccc(Cl)c1Br. The van der Waals surface area contributed by atoms with Crippen molar-refractivity contribution in [1.29, 1.82) is 0 Å². The number of amides is 2. The second-order valence-electron chi connectivity index (χ2n) is 4.54. The van der Waals surface area contributed by atoms with Crippen LogP contribution in [0.1, 0.15) is 32.1 Å². The van der Waals surface area contributed by atoms with Gasteiger partial charge in [-0.05, 0) is 40.9 Å². The van der Waals surface area contributed by atoms with Crippen molar-refractivity contribution in [3.8, 4) is 0 Å². The number of anilines is 1. The van der Waals surface area contributed by atoms with E-state index in [4.69, 9.17) is 16.7 Å². The summed E-state index contributed by atoms with van der Waals surface area (Å²) in [4.78, 5) is 22.0. The largest absolute Gasteiger partial charge is 0.481 e. The van der Waals surface area contributed by atoms with Crippen LogP contribution in [0, 0.1) is 0 Å². The quantitative estimate of drug-likeness (QED) is 0.592. The molecule has 0 radical (unpaired) electrons. The fourth-order valence-corrected chi connectivity index (χ4v) is 2.26. The van der Waals surface area contributed by atoms with Crippen LogP contribution in [0.3, 0.4) is 0 Å². The lowest BCUT2D eigenvalue weighted by Gasteiger charge is -2.09. The highest BCUT2D eigenvalue weighted by Gasteiger charge is 2.07. The van der Waals surface area contributed by atoms with E-state index in [1.165, 1.54) is 0 Å². The molecule has 0 aliphatic heterocycles. The molecule has 0 saturated carbocycles. The Balaban J connectivity index is 2.17. The van der Waals surface area contributed by atoms with Gasteiger partial charge in [0.25, 0.3) is 0 Å². The van der Waals surface area contributed by atoms with Crippen LogP contribution < -0.4 is 10.6 Å². The van der Waals surface area contributed by atoms with Gasteiger partial charge in [0.05, 0.1) is 15.2 Å². The van der Waals surface area contributed by atoms with Crippen molar-refractivity contribution >= 4 is 45.2 Å². The fourth-order valence-electron chi connectivity index (χ4n) is 1.72. The van der Waals surface area contributed by atoms with Crippen LogP contribution in [-0.2, 0) is 4.79 Å². The molecule has 0 aliphatic carbocycles. The van der Waals surface area contributed by atoms with Crippen LogP contribution in [-0.4, -0.2) is 23.7 Å². The fraction of sp³-hybridized carbons (Fsp3) is 0.429. The zero-order valence-electron chi connectivity index (χ0n) is 11.5. The third kappa shape index (κ3) is 7.34. The molecule has 0 aromatic heterocycles. The molecule has 0 unspecified atom stereocenters. The molecule has 0 heterocycles. The maximum Gasteiger partial charge on any atom is 0.319 e. The number of carbonyl (C=O) groups is 2. The van der Waals surface area contributed by atoms with Gasteiger partial charge in [0.2, 0.25) is 0 Å². The minimum atomic E-state index is -0.764. The molecule has 2 amide bonds. The Bertz CT molecular complexity index is 497. The first-order chi connectivity index (χ1) is 10.0. The molecule has 21 heavy (non-hydrogen) atoms. The van der Waals surface area contributed by atoms with E-state index in [0.717, 1.165) is 19.3 Å². The summed E-state index contributed by atoms with van der Waals surface area (Å²) in [5, 5.41) is 14.5. The maximum atomic E-state index is 11.7. The number of hydrogen-bond donors (Lipinski definition) is 3. The molecule has 1 aromatic carbocycles. The minimum absolute atomic E-state index is 0.205. The van der Waals surface area contributed by atoms with E-state index in [9.17, 15) is 9.59 Å². The van der Waals surface area contributed by atoms with Gasteiger partial charge in [0, 0.05) is 13.0 Å². The van der Waals surface area contributed by atoms with Crippen molar-refractivity contribution in [1.82, 2.24) is 5.32 Å². The Hall–Kier alpha value is -1.27. The Morgan fingerprint density at radius 3 is 2.62 bits per heavy atom.